The SMILES string of the molecule is CC(C)OC(=O)N1CCC(n2nnc3cc(-c4ccc(C(=O)O)cc4F)ncc32)CC1. The van der Waals surface area contributed by atoms with Crippen LogP contribution in [0.3, 0.4) is 0 Å². The van der Waals surface area contributed by atoms with E-state index in [2.05, 4.69) is 15.3 Å². The molecule has 162 valence electrons. The summed E-state index contributed by atoms with van der Waals surface area (Å²) in [4.78, 5) is 29.1. The lowest BCUT2D eigenvalue weighted by Gasteiger charge is -2.31. The number of nitrogens with zero attached hydrogens (tertiary/aromatic N) is 5. The summed E-state index contributed by atoms with van der Waals surface area (Å²) in [6.07, 6.45) is 2.54. The molecule has 1 aliphatic rings. The minimum Gasteiger partial charge on any atom is -0.478 e. The number of carbonyl (C=O) groups is 2. The number of hydrogen-bond acceptors (Lipinski definition) is 6. The molecule has 1 N–H and O–H groups in total. The molecular formula is C21H22FN5O4. The van der Waals surface area contributed by atoms with Crippen LogP contribution in [0.2, 0.25) is 0 Å². The predicted octanol–water partition coefficient (Wildman–Crippen LogP) is 3.51. The van der Waals surface area contributed by atoms with Crippen molar-refractivity contribution in [2.75, 3.05) is 13.1 Å². The van der Waals surface area contributed by atoms with Gasteiger partial charge in [0.15, 0.2) is 0 Å². The largest absolute Gasteiger partial charge is 0.478 e. The van der Waals surface area contributed by atoms with Crippen LogP contribution in [-0.4, -0.2) is 61.2 Å². The number of benzene rings is 1. The standard InChI is InChI=1S/C21H22FN5O4/c1-12(2)31-21(30)26-7-5-14(6-8-26)27-19-11-23-17(10-18(19)24-25-27)15-4-3-13(20(28)29)9-16(15)22/h3-4,9-12,14H,5-8H2,1-2H3,(H,28,29). The van der Waals surface area contributed by atoms with E-state index in [1.54, 1.807) is 21.8 Å². The Balaban J connectivity index is 1.52. The lowest BCUT2D eigenvalue weighted by Crippen LogP contribution is -2.40. The van der Waals surface area contributed by atoms with Gasteiger partial charge in [0, 0.05) is 18.7 Å². The minimum atomic E-state index is -1.19. The van der Waals surface area contributed by atoms with Crippen molar-refractivity contribution >= 4 is 23.1 Å². The molecular weight excluding hydrogens is 405 g/mol. The maximum absolute atomic E-state index is 14.4. The highest BCUT2D eigenvalue weighted by Gasteiger charge is 2.27. The van der Waals surface area contributed by atoms with Gasteiger partial charge in [0.25, 0.3) is 0 Å². The first-order chi connectivity index (χ1) is 14.8. The Bertz CT molecular complexity index is 1140. The molecule has 10 heteroatoms. The van der Waals surface area contributed by atoms with Gasteiger partial charge >= 0.3 is 12.1 Å². The van der Waals surface area contributed by atoms with E-state index < -0.39 is 11.8 Å². The van der Waals surface area contributed by atoms with Crippen LogP contribution in [0.1, 0.15) is 43.1 Å². The fourth-order valence-electron chi connectivity index (χ4n) is 3.68. The van der Waals surface area contributed by atoms with Crippen molar-refractivity contribution in [2.24, 2.45) is 0 Å². The molecule has 1 aliphatic heterocycles. The second-order valence-corrected chi connectivity index (χ2v) is 7.74. The number of aromatic nitrogens is 4. The van der Waals surface area contributed by atoms with E-state index in [-0.39, 0.29) is 29.4 Å². The molecule has 3 heterocycles. The molecule has 3 aromatic rings. The first-order valence-electron chi connectivity index (χ1n) is 10.0. The van der Waals surface area contributed by atoms with Gasteiger partial charge in [-0.1, -0.05) is 5.21 Å². The molecule has 0 saturated carbocycles. The van der Waals surface area contributed by atoms with Crippen LogP contribution >= 0.6 is 0 Å². The number of pyridine rings is 1. The number of carboxylic acids is 1. The van der Waals surface area contributed by atoms with Gasteiger partial charge in [0.1, 0.15) is 16.9 Å². The molecule has 0 bridgehead atoms. The molecule has 4 rings (SSSR count). The summed E-state index contributed by atoms with van der Waals surface area (Å²) in [5, 5.41) is 17.4. The Labute approximate surface area is 177 Å². The number of rotatable bonds is 4. The van der Waals surface area contributed by atoms with Crippen molar-refractivity contribution in [3.63, 3.8) is 0 Å². The number of piperidine rings is 1. The van der Waals surface area contributed by atoms with Crippen molar-refractivity contribution in [2.45, 2.75) is 38.8 Å². The topological polar surface area (TPSA) is 110 Å². The average molecular weight is 427 g/mol. The summed E-state index contributed by atoms with van der Waals surface area (Å²) < 4.78 is 21.4. The van der Waals surface area contributed by atoms with Gasteiger partial charge in [-0.25, -0.2) is 18.7 Å². The molecule has 0 radical (unpaired) electrons. The Kier molecular flexibility index (Phi) is 5.53. The van der Waals surface area contributed by atoms with Crippen molar-refractivity contribution in [3.8, 4) is 11.3 Å². The summed E-state index contributed by atoms with van der Waals surface area (Å²) in [6.45, 7) is 4.76. The molecule has 9 nitrogen and oxygen atoms in total. The Hall–Kier alpha value is -3.56. The van der Waals surface area contributed by atoms with Crippen molar-refractivity contribution in [3.05, 3.63) is 41.8 Å². The smallest absolute Gasteiger partial charge is 0.410 e. The number of hydrogen-bond donors (Lipinski definition) is 1. The predicted molar refractivity (Wildman–Crippen MR) is 109 cm³/mol. The Morgan fingerprint density at radius 2 is 1.97 bits per heavy atom. The zero-order chi connectivity index (χ0) is 22.1. The number of carboxylic acid groups (broad SMARTS) is 1. The third-order valence-corrected chi connectivity index (χ3v) is 5.25. The van der Waals surface area contributed by atoms with Crippen molar-refractivity contribution < 1.29 is 23.8 Å². The molecule has 2 aromatic heterocycles. The van der Waals surface area contributed by atoms with Gasteiger partial charge in [0.2, 0.25) is 0 Å². The number of likely N-dealkylation sites (tertiary alicyclic amines) is 1. The molecule has 1 amide bonds. The van der Waals surface area contributed by atoms with Crippen LogP contribution in [0.15, 0.2) is 30.5 Å². The summed E-state index contributed by atoms with van der Waals surface area (Å²) >= 11 is 0. The van der Waals surface area contributed by atoms with Crippen molar-refractivity contribution in [1.82, 2.24) is 24.9 Å². The molecule has 1 fully saturated rings. The fraction of sp³-hybridized carbons (Fsp3) is 0.381. The van der Waals surface area contributed by atoms with Crippen LogP contribution < -0.4 is 0 Å². The maximum Gasteiger partial charge on any atom is 0.410 e. The molecule has 0 atom stereocenters. The van der Waals surface area contributed by atoms with Gasteiger partial charge in [-0.15, -0.1) is 5.10 Å². The first-order valence-corrected chi connectivity index (χ1v) is 10.0. The fourth-order valence-corrected chi connectivity index (χ4v) is 3.68. The monoisotopic (exact) mass is 427 g/mol. The summed E-state index contributed by atoms with van der Waals surface area (Å²) in [5.74, 6) is -1.86. The van der Waals surface area contributed by atoms with Crippen LogP contribution in [0, 0.1) is 5.82 Å². The van der Waals surface area contributed by atoms with E-state index in [0.717, 1.165) is 11.6 Å². The number of amides is 1. The van der Waals surface area contributed by atoms with E-state index in [1.807, 2.05) is 13.8 Å². The van der Waals surface area contributed by atoms with Crippen LogP contribution in [0.25, 0.3) is 22.3 Å². The maximum atomic E-state index is 14.4. The summed E-state index contributed by atoms with van der Waals surface area (Å²) in [7, 11) is 0. The van der Waals surface area contributed by atoms with Crippen LogP contribution in [0.4, 0.5) is 9.18 Å². The highest BCUT2D eigenvalue weighted by Crippen LogP contribution is 2.28. The first kappa shape index (κ1) is 20.7. The minimum absolute atomic E-state index is 0.0623. The third-order valence-electron chi connectivity index (χ3n) is 5.25. The molecule has 1 aromatic carbocycles. The third kappa shape index (κ3) is 4.18. The number of aromatic carboxylic acids is 1. The number of halogens is 1. The highest BCUT2D eigenvalue weighted by molar-refractivity contribution is 5.88. The second kappa shape index (κ2) is 8.29. The Morgan fingerprint density at radius 1 is 1.23 bits per heavy atom. The molecule has 31 heavy (non-hydrogen) atoms. The van der Waals surface area contributed by atoms with Gasteiger partial charge in [-0.2, -0.15) is 0 Å². The van der Waals surface area contributed by atoms with Gasteiger partial charge < -0.3 is 14.7 Å². The molecule has 0 aliphatic carbocycles. The normalized spacial score (nSPS) is 14.9. The van der Waals surface area contributed by atoms with E-state index in [1.165, 1.54) is 12.1 Å². The van der Waals surface area contributed by atoms with Crippen LogP contribution in [-0.2, 0) is 4.74 Å². The molecule has 1 saturated heterocycles. The van der Waals surface area contributed by atoms with Crippen LogP contribution in [0.5, 0.6) is 0 Å². The Morgan fingerprint density at radius 3 is 2.61 bits per heavy atom. The summed E-state index contributed by atoms with van der Waals surface area (Å²) in [5.41, 5.74) is 1.69. The highest BCUT2D eigenvalue weighted by atomic mass is 19.1. The second-order valence-electron chi connectivity index (χ2n) is 7.74. The quantitative estimate of drug-likeness (QED) is 0.678. The van der Waals surface area contributed by atoms with E-state index >= 15 is 0 Å². The number of ether oxygens (including phenoxy) is 1. The summed E-state index contributed by atoms with van der Waals surface area (Å²) in [6, 6.07) is 5.39. The molecule has 0 unspecified atom stereocenters. The van der Waals surface area contributed by atoms with Gasteiger partial charge in [-0.05, 0) is 51.0 Å². The zero-order valence-electron chi connectivity index (χ0n) is 17.2. The average Bonchev–Trinajstić information content (AvgIpc) is 3.16. The van der Waals surface area contributed by atoms with Gasteiger partial charge in [-0.3, -0.25) is 4.98 Å². The lowest BCUT2D eigenvalue weighted by molar-refractivity contribution is 0.0653. The van der Waals surface area contributed by atoms with E-state index in [4.69, 9.17) is 9.84 Å². The van der Waals surface area contributed by atoms with E-state index in [9.17, 15) is 14.0 Å². The molecule has 0 spiro atoms. The lowest BCUT2D eigenvalue weighted by atomic mass is 10.1. The number of fused-ring (bicyclic) bond motifs is 1. The zero-order valence-corrected chi connectivity index (χ0v) is 17.2. The van der Waals surface area contributed by atoms with Gasteiger partial charge in [0.05, 0.1) is 29.6 Å². The number of carbonyl (C=O) groups excluding carboxylic acids is 1. The van der Waals surface area contributed by atoms with Crippen molar-refractivity contribution in [1.29, 1.82) is 0 Å². The van der Waals surface area contributed by atoms with E-state index in [0.29, 0.717) is 37.1 Å².